The highest BCUT2D eigenvalue weighted by Crippen LogP contribution is 2.14. The van der Waals surface area contributed by atoms with Gasteiger partial charge in [0.05, 0.1) is 0 Å². The average molecular weight is 276 g/mol. The monoisotopic (exact) mass is 275 g/mol. The summed E-state index contributed by atoms with van der Waals surface area (Å²) in [6.07, 6.45) is 1.27. The number of hydrogen-bond donors (Lipinski definition) is 2. The Labute approximate surface area is 109 Å². The topological polar surface area (TPSA) is 71.1 Å². The second-order valence-electron chi connectivity index (χ2n) is 3.18. The second kappa shape index (κ2) is 7.09. The molecule has 0 saturated heterocycles. The number of pyridine rings is 1. The first kappa shape index (κ1) is 13.7. The highest BCUT2D eigenvalue weighted by atomic mass is 35.5. The van der Waals surface area contributed by atoms with Crippen molar-refractivity contribution in [3.63, 3.8) is 0 Å². The van der Waals surface area contributed by atoms with Crippen molar-refractivity contribution in [1.82, 2.24) is 15.6 Å². The lowest BCUT2D eigenvalue weighted by atomic mass is 10.2. The molecular formula is C10H11Cl2N3O2. The van der Waals surface area contributed by atoms with E-state index in [9.17, 15) is 9.59 Å². The minimum Gasteiger partial charge on any atom is -0.359 e. The summed E-state index contributed by atoms with van der Waals surface area (Å²) in [6.45, 7) is 0.971. The minimum atomic E-state index is -0.276. The van der Waals surface area contributed by atoms with E-state index >= 15 is 0 Å². The van der Waals surface area contributed by atoms with Gasteiger partial charge in [0.2, 0.25) is 6.41 Å². The number of halogens is 2. The van der Waals surface area contributed by atoms with Crippen molar-refractivity contribution >= 4 is 35.5 Å². The largest absolute Gasteiger partial charge is 0.359 e. The molecule has 0 aromatic carbocycles. The van der Waals surface area contributed by atoms with Crippen LogP contribution in [0.1, 0.15) is 16.8 Å². The van der Waals surface area contributed by atoms with Gasteiger partial charge in [-0.1, -0.05) is 23.2 Å². The average Bonchev–Trinajstić information content (AvgIpc) is 2.27. The van der Waals surface area contributed by atoms with Gasteiger partial charge < -0.3 is 10.6 Å². The Morgan fingerprint density at radius 3 is 2.53 bits per heavy atom. The van der Waals surface area contributed by atoms with Crippen LogP contribution >= 0.6 is 23.2 Å². The highest BCUT2D eigenvalue weighted by molar-refractivity contribution is 6.33. The van der Waals surface area contributed by atoms with Gasteiger partial charge in [-0.25, -0.2) is 4.98 Å². The van der Waals surface area contributed by atoms with E-state index < -0.39 is 0 Å². The van der Waals surface area contributed by atoms with Gasteiger partial charge in [-0.2, -0.15) is 0 Å². The van der Waals surface area contributed by atoms with Crippen LogP contribution < -0.4 is 10.6 Å². The van der Waals surface area contributed by atoms with Gasteiger partial charge in [0.1, 0.15) is 10.3 Å². The van der Waals surface area contributed by atoms with Crippen LogP contribution in [0.25, 0.3) is 0 Å². The maximum absolute atomic E-state index is 11.6. The number of carbonyl (C=O) groups excluding carboxylic acids is 2. The maximum Gasteiger partial charge on any atom is 0.251 e. The number of amides is 2. The molecule has 2 N–H and O–H groups in total. The predicted molar refractivity (Wildman–Crippen MR) is 65.3 cm³/mol. The lowest BCUT2D eigenvalue weighted by Gasteiger charge is -2.05. The fourth-order valence-electron chi connectivity index (χ4n) is 1.15. The van der Waals surface area contributed by atoms with Crippen LogP contribution in [-0.2, 0) is 4.79 Å². The number of nitrogens with one attached hydrogen (secondary N) is 2. The zero-order valence-corrected chi connectivity index (χ0v) is 10.4. The molecule has 0 radical (unpaired) electrons. The lowest BCUT2D eigenvalue weighted by molar-refractivity contribution is -0.109. The first-order valence-corrected chi connectivity index (χ1v) is 5.67. The zero-order valence-electron chi connectivity index (χ0n) is 8.87. The summed E-state index contributed by atoms with van der Waals surface area (Å²) in [5.74, 6) is -0.276. The molecule has 0 saturated carbocycles. The van der Waals surface area contributed by atoms with Crippen LogP contribution in [-0.4, -0.2) is 30.4 Å². The van der Waals surface area contributed by atoms with Gasteiger partial charge >= 0.3 is 0 Å². The predicted octanol–water partition coefficient (Wildman–Crippen LogP) is 1.25. The number of nitrogens with zero attached hydrogens (tertiary/aromatic N) is 1. The van der Waals surface area contributed by atoms with Crippen LogP contribution in [0.2, 0.25) is 10.3 Å². The first-order chi connectivity index (χ1) is 8.13. The van der Waals surface area contributed by atoms with Crippen molar-refractivity contribution < 1.29 is 9.59 Å². The Hall–Kier alpha value is -1.33. The zero-order chi connectivity index (χ0) is 12.7. The second-order valence-corrected chi connectivity index (χ2v) is 3.96. The molecule has 92 valence electrons. The van der Waals surface area contributed by atoms with Crippen molar-refractivity contribution in [3.8, 4) is 0 Å². The summed E-state index contributed by atoms with van der Waals surface area (Å²) in [5.41, 5.74) is 0.360. The van der Waals surface area contributed by atoms with Crippen molar-refractivity contribution in [2.24, 2.45) is 0 Å². The van der Waals surface area contributed by atoms with Crippen LogP contribution in [0.4, 0.5) is 0 Å². The number of hydrogen-bond acceptors (Lipinski definition) is 3. The van der Waals surface area contributed by atoms with Gasteiger partial charge in [0, 0.05) is 18.7 Å². The molecule has 0 aliphatic carbocycles. The smallest absolute Gasteiger partial charge is 0.251 e. The van der Waals surface area contributed by atoms with E-state index in [2.05, 4.69) is 15.6 Å². The van der Waals surface area contributed by atoms with Gasteiger partial charge in [0.25, 0.3) is 5.91 Å². The molecule has 0 spiro atoms. The SMILES string of the molecule is O=CNCCCNC(=O)c1cc(Cl)nc(Cl)c1. The molecule has 1 heterocycles. The van der Waals surface area contributed by atoms with Gasteiger partial charge in [-0.05, 0) is 18.6 Å². The number of rotatable bonds is 6. The molecule has 0 bridgehead atoms. The number of aromatic nitrogens is 1. The van der Waals surface area contributed by atoms with E-state index in [1.165, 1.54) is 12.1 Å². The molecule has 1 aromatic heterocycles. The highest BCUT2D eigenvalue weighted by Gasteiger charge is 2.07. The molecule has 0 aliphatic heterocycles. The van der Waals surface area contributed by atoms with E-state index in [-0.39, 0.29) is 16.2 Å². The molecule has 0 fully saturated rings. The molecule has 5 nitrogen and oxygen atoms in total. The summed E-state index contributed by atoms with van der Waals surface area (Å²) in [6, 6.07) is 2.87. The Bertz CT molecular complexity index is 392. The van der Waals surface area contributed by atoms with Crippen LogP contribution in [0, 0.1) is 0 Å². The standard InChI is InChI=1S/C10H11Cl2N3O2/c11-8-4-7(5-9(12)15-8)10(17)14-3-1-2-13-6-16/h4-6H,1-3H2,(H,13,16)(H,14,17). The summed E-state index contributed by atoms with van der Waals surface area (Å²) in [7, 11) is 0. The van der Waals surface area contributed by atoms with Crippen LogP contribution in [0.5, 0.6) is 0 Å². The third kappa shape index (κ3) is 5.01. The van der Waals surface area contributed by atoms with E-state index in [4.69, 9.17) is 23.2 Å². The number of carbonyl (C=O) groups is 2. The Kier molecular flexibility index (Phi) is 5.72. The Balaban J connectivity index is 2.44. The summed E-state index contributed by atoms with van der Waals surface area (Å²) in [4.78, 5) is 25.3. The normalized spacial score (nSPS) is 9.76. The minimum absolute atomic E-state index is 0.172. The molecule has 0 aliphatic rings. The molecule has 17 heavy (non-hydrogen) atoms. The van der Waals surface area contributed by atoms with Crippen molar-refractivity contribution in [1.29, 1.82) is 0 Å². The van der Waals surface area contributed by atoms with E-state index in [1.54, 1.807) is 0 Å². The molecule has 2 amide bonds. The first-order valence-electron chi connectivity index (χ1n) is 4.92. The van der Waals surface area contributed by atoms with Crippen molar-refractivity contribution in [2.75, 3.05) is 13.1 Å². The molecule has 0 atom stereocenters. The third-order valence-corrected chi connectivity index (χ3v) is 2.28. The molecule has 7 heteroatoms. The quantitative estimate of drug-likeness (QED) is 0.466. The lowest BCUT2D eigenvalue weighted by Crippen LogP contribution is -2.27. The Morgan fingerprint density at radius 1 is 1.29 bits per heavy atom. The summed E-state index contributed by atoms with van der Waals surface area (Å²) in [5, 5.41) is 5.51. The van der Waals surface area contributed by atoms with Crippen LogP contribution in [0.3, 0.4) is 0 Å². The summed E-state index contributed by atoms with van der Waals surface area (Å²) >= 11 is 11.3. The fraction of sp³-hybridized carbons (Fsp3) is 0.300. The fourth-order valence-corrected chi connectivity index (χ4v) is 1.61. The molecule has 0 unspecified atom stereocenters. The van der Waals surface area contributed by atoms with Crippen LogP contribution in [0.15, 0.2) is 12.1 Å². The van der Waals surface area contributed by atoms with E-state index in [1.807, 2.05) is 0 Å². The van der Waals surface area contributed by atoms with E-state index in [0.29, 0.717) is 31.5 Å². The maximum atomic E-state index is 11.6. The van der Waals surface area contributed by atoms with Crippen molar-refractivity contribution in [2.45, 2.75) is 6.42 Å². The molecule has 1 rings (SSSR count). The van der Waals surface area contributed by atoms with Gasteiger partial charge in [-0.15, -0.1) is 0 Å². The van der Waals surface area contributed by atoms with Crippen molar-refractivity contribution in [3.05, 3.63) is 28.0 Å². The Morgan fingerprint density at radius 2 is 1.94 bits per heavy atom. The third-order valence-electron chi connectivity index (χ3n) is 1.89. The molecule has 1 aromatic rings. The summed E-state index contributed by atoms with van der Waals surface area (Å²) < 4.78 is 0. The van der Waals surface area contributed by atoms with Gasteiger partial charge in [-0.3, -0.25) is 9.59 Å². The molecular weight excluding hydrogens is 265 g/mol. The van der Waals surface area contributed by atoms with E-state index in [0.717, 1.165) is 0 Å². The van der Waals surface area contributed by atoms with Gasteiger partial charge in [0.15, 0.2) is 0 Å².